The topological polar surface area (TPSA) is 175 Å². The molecule has 0 unspecified atom stereocenters. The molecule has 2 heterocycles. The molecule has 8 atom stereocenters. The van der Waals surface area contributed by atoms with Crippen molar-refractivity contribution in [2.24, 2.45) is 23.2 Å². The Kier molecular flexibility index (Phi) is 10.9. The molecule has 1 aromatic carbocycles. The standard InChI is InChI=1S/C40H53ClN4O10/c1-7-23-17-40(23,37(48)49)44-35(46)28-15-25(18-45(28)36(47)34(39(2,3)4)43-38(50)55-24-13-21-12-22(21)14-24)54-30-16-27(20-8-9-20)42-33-26(30)10-11-29(32(33)41)53-19-31(51-5)52-6/h10-11,16,20-25,28,31,34H,7-9,12-15,17-19H2,1-6H3,(H,43,50)(H,44,46)(H,48,49)/t21-,22+,23-,24+,25-,28+,34-,40-/m1/s1. The molecule has 2 aromatic rings. The number of aromatic nitrogens is 1. The van der Waals surface area contributed by atoms with Gasteiger partial charge in [-0.15, -0.1) is 0 Å². The summed E-state index contributed by atoms with van der Waals surface area (Å²) in [4.78, 5) is 60.7. The van der Waals surface area contributed by atoms with Crippen LogP contribution >= 0.6 is 11.6 Å². The molecule has 3 N–H and O–H groups in total. The van der Waals surface area contributed by atoms with Gasteiger partial charge in [0, 0.05) is 43.7 Å². The Balaban J connectivity index is 1.16. The second-order valence-electron chi connectivity index (χ2n) is 17.1. The molecule has 0 bridgehead atoms. The van der Waals surface area contributed by atoms with Crippen molar-refractivity contribution in [3.8, 4) is 11.5 Å². The zero-order valence-electron chi connectivity index (χ0n) is 32.4. The van der Waals surface area contributed by atoms with Crippen LogP contribution in [0.2, 0.25) is 5.02 Å². The van der Waals surface area contributed by atoms with Gasteiger partial charge in [-0.1, -0.05) is 45.7 Å². The highest BCUT2D eigenvalue weighted by Gasteiger charge is 2.61. The van der Waals surface area contributed by atoms with Crippen molar-refractivity contribution < 1.29 is 48.0 Å². The number of ether oxygens (including phenoxy) is 5. The molecule has 0 radical (unpaired) electrons. The number of halogens is 1. The maximum atomic E-state index is 14.6. The van der Waals surface area contributed by atoms with Crippen molar-refractivity contribution in [2.45, 2.75) is 121 Å². The van der Waals surface area contributed by atoms with Crippen LogP contribution in [0.4, 0.5) is 4.79 Å². The van der Waals surface area contributed by atoms with Gasteiger partial charge in [0.15, 0.2) is 6.29 Å². The van der Waals surface area contributed by atoms with Crippen LogP contribution in [0, 0.1) is 23.2 Å². The number of carbonyl (C=O) groups is 4. The normalized spacial score (nSPS) is 28.8. The van der Waals surface area contributed by atoms with E-state index >= 15 is 0 Å². The van der Waals surface area contributed by atoms with Crippen molar-refractivity contribution >= 4 is 46.4 Å². The van der Waals surface area contributed by atoms with Gasteiger partial charge in [-0.05, 0) is 73.8 Å². The smallest absolute Gasteiger partial charge is 0.408 e. The fourth-order valence-corrected chi connectivity index (χ4v) is 8.70. The number of rotatable bonds is 15. The average Bonchev–Trinajstić information content (AvgIpc) is 4.10. The van der Waals surface area contributed by atoms with Gasteiger partial charge in [0.1, 0.15) is 53.0 Å². The third kappa shape index (κ3) is 8.18. The van der Waals surface area contributed by atoms with Crippen LogP contribution in [0.1, 0.15) is 90.7 Å². The Labute approximate surface area is 326 Å². The van der Waals surface area contributed by atoms with Gasteiger partial charge in [0.25, 0.3) is 0 Å². The largest absolute Gasteiger partial charge is 0.488 e. The van der Waals surface area contributed by atoms with Crippen molar-refractivity contribution in [1.29, 1.82) is 0 Å². The van der Waals surface area contributed by atoms with Crippen LogP contribution < -0.4 is 20.1 Å². The minimum atomic E-state index is -1.39. The summed E-state index contributed by atoms with van der Waals surface area (Å²) in [5.41, 5.74) is -0.853. The Bertz CT molecular complexity index is 1820. The molecule has 4 saturated carbocycles. The Hall–Kier alpha value is -3.88. The summed E-state index contributed by atoms with van der Waals surface area (Å²) >= 11 is 6.90. The quantitative estimate of drug-likeness (QED) is 0.197. The van der Waals surface area contributed by atoms with E-state index in [9.17, 15) is 24.3 Å². The number of alkyl carbamates (subject to hydrolysis) is 1. The molecule has 5 fully saturated rings. The number of aliphatic carboxylic acids is 1. The van der Waals surface area contributed by atoms with Gasteiger partial charge in [-0.3, -0.25) is 14.6 Å². The van der Waals surface area contributed by atoms with Gasteiger partial charge in [-0.25, -0.2) is 9.59 Å². The Morgan fingerprint density at radius 3 is 2.35 bits per heavy atom. The van der Waals surface area contributed by atoms with Crippen LogP contribution in [0.25, 0.3) is 10.9 Å². The molecule has 55 heavy (non-hydrogen) atoms. The molecule has 5 aliphatic rings. The minimum absolute atomic E-state index is 0.0103. The van der Waals surface area contributed by atoms with Crippen LogP contribution in [-0.4, -0.2) is 102 Å². The van der Waals surface area contributed by atoms with Crippen LogP contribution in [0.5, 0.6) is 11.5 Å². The third-order valence-corrected chi connectivity index (χ3v) is 12.4. The van der Waals surface area contributed by atoms with Crippen LogP contribution in [0.3, 0.4) is 0 Å². The van der Waals surface area contributed by atoms with Gasteiger partial charge >= 0.3 is 12.1 Å². The molecule has 15 heteroatoms. The third-order valence-electron chi connectivity index (χ3n) is 12.1. The lowest BCUT2D eigenvalue weighted by Gasteiger charge is -2.35. The van der Waals surface area contributed by atoms with Crippen molar-refractivity contribution in [1.82, 2.24) is 20.5 Å². The molecular formula is C40H53ClN4O10. The van der Waals surface area contributed by atoms with E-state index in [0.717, 1.165) is 31.4 Å². The van der Waals surface area contributed by atoms with Gasteiger partial charge in [-0.2, -0.15) is 0 Å². The van der Waals surface area contributed by atoms with E-state index in [4.69, 9.17) is 40.3 Å². The number of hydrogen-bond donors (Lipinski definition) is 3. The molecular weight excluding hydrogens is 732 g/mol. The van der Waals surface area contributed by atoms with E-state index < -0.39 is 59.3 Å². The Morgan fingerprint density at radius 1 is 1.04 bits per heavy atom. The number of amides is 3. The summed E-state index contributed by atoms with van der Waals surface area (Å²) in [6.45, 7) is 7.51. The highest BCUT2D eigenvalue weighted by Crippen LogP contribution is 2.52. The van der Waals surface area contributed by atoms with Gasteiger partial charge < -0.3 is 44.3 Å². The number of nitrogens with zero attached hydrogens (tertiary/aromatic N) is 2. The summed E-state index contributed by atoms with van der Waals surface area (Å²) < 4.78 is 28.9. The van der Waals surface area contributed by atoms with E-state index in [2.05, 4.69) is 10.6 Å². The summed E-state index contributed by atoms with van der Waals surface area (Å²) in [6, 6.07) is 3.31. The van der Waals surface area contributed by atoms with Crippen molar-refractivity contribution in [3.63, 3.8) is 0 Å². The number of carboxylic acid groups (broad SMARTS) is 1. The maximum absolute atomic E-state index is 14.6. The van der Waals surface area contributed by atoms with E-state index in [0.29, 0.717) is 52.1 Å². The molecule has 1 aromatic heterocycles. The number of fused-ring (bicyclic) bond motifs is 2. The molecule has 1 aliphatic heterocycles. The second-order valence-corrected chi connectivity index (χ2v) is 17.4. The number of carbonyl (C=O) groups excluding carboxylic acids is 3. The summed E-state index contributed by atoms with van der Waals surface area (Å²) in [5.74, 6) is -0.0265. The highest BCUT2D eigenvalue weighted by molar-refractivity contribution is 6.36. The number of hydrogen-bond acceptors (Lipinski definition) is 10. The molecule has 0 spiro atoms. The predicted molar refractivity (Wildman–Crippen MR) is 201 cm³/mol. The van der Waals surface area contributed by atoms with Crippen LogP contribution in [0.15, 0.2) is 18.2 Å². The molecule has 4 aliphatic carbocycles. The zero-order valence-corrected chi connectivity index (χ0v) is 33.1. The maximum Gasteiger partial charge on any atom is 0.408 e. The predicted octanol–water partition coefficient (Wildman–Crippen LogP) is 5.42. The van der Waals surface area contributed by atoms with E-state index in [1.54, 1.807) is 12.1 Å². The number of carboxylic acids is 1. The van der Waals surface area contributed by atoms with Crippen molar-refractivity contribution in [3.05, 3.63) is 28.9 Å². The van der Waals surface area contributed by atoms with E-state index in [1.807, 2.05) is 33.8 Å². The molecule has 300 valence electrons. The SMILES string of the molecule is CC[C@@H]1C[C@]1(NC(=O)[C@@H]1C[C@@H](Oc2cc(C3CC3)nc3c(Cl)c(OCC(OC)OC)ccc23)CN1C(=O)[C@@H](NC(=O)O[C@@H]1C[C@@H]2C[C@@H]2C1)C(C)(C)C)C(=O)O. The molecule has 14 nitrogen and oxygen atoms in total. The number of methoxy groups -OCH3 is 2. The molecule has 7 rings (SSSR count). The average molecular weight is 785 g/mol. The lowest BCUT2D eigenvalue weighted by atomic mass is 9.85. The number of benzene rings is 1. The van der Waals surface area contributed by atoms with Gasteiger partial charge in [0.2, 0.25) is 11.8 Å². The lowest BCUT2D eigenvalue weighted by molar-refractivity contribution is -0.146. The lowest BCUT2D eigenvalue weighted by Crippen LogP contribution is -2.59. The first-order chi connectivity index (χ1) is 26.1. The second kappa shape index (κ2) is 15.2. The first kappa shape index (κ1) is 39.4. The van der Waals surface area contributed by atoms with Crippen LogP contribution in [-0.2, 0) is 28.6 Å². The summed E-state index contributed by atoms with van der Waals surface area (Å²) in [5, 5.41) is 16.7. The first-order valence-corrected chi connectivity index (χ1v) is 19.8. The number of nitrogens with one attached hydrogen (secondary N) is 2. The fraction of sp³-hybridized carbons (Fsp3) is 0.675. The zero-order chi connectivity index (χ0) is 39.4. The number of likely N-dealkylation sites (tertiary alicyclic amines) is 1. The molecule has 1 saturated heterocycles. The van der Waals surface area contributed by atoms with Crippen molar-refractivity contribution in [2.75, 3.05) is 27.4 Å². The summed E-state index contributed by atoms with van der Waals surface area (Å²) in [7, 11) is 3.03. The first-order valence-electron chi connectivity index (χ1n) is 19.5. The molecule has 3 amide bonds. The number of pyridine rings is 1. The highest BCUT2D eigenvalue weighted by atomic mass is 35.5. The fourth-order valence-electron chi connectivity index (χ4n) is 8.44. The Morgan fingerprint density at radius 2 is 1.75 bits per heavy atom. The monoisotopic (exact) mass is 784 g/mol. The van der Waals surface area contributed by atoms with E-state index in [-0.39, 0.29) is 37.5 Å². The van der Waals surface area contributed by atoms with E-state index in [1.165, 1.54) is 25.5 Å². The van der Waals surface area contributed by atoms with Gasteiger partial charge in [0.05, 0.1) is 12.1 Å². The summed E-state index contributed by atoms with van der Waals surface area (Å²) in [6.07, 6.45) is 3.65. The minimum Gasteiger partial charge on any atom is -0.488 e.